The summed E-state index contributed by atoms with van der Waals surface area (Å²) in [5.41, 5.74) is 3.20. The minimum absolute atomic E-state index is 0. The highest BCUT2D eigenvalue weighted by Gasteiger charge is 2.03. The number of nitrogens with zero attached hydrogens (tertiary/aromatic N) is 1. The average Bonchev–Trinajstić information content (AvgIpc) is 2.64. The predicted octanol–water partition coefficient (Wildman–Crippen LogP) is 4.53. The molecule has 8 heteroatoms. The lowest BCUT2D eigenvalue weighted by Crippen LogP contribution is -2.36. The molecule has 27 heavy (non-hydrogen) atoms. The quantitative estimate of drug-likeness (QED) is 0.206. The highest BCUT2D eigenvalue weighted by Crippen LogP contribution is 2.20. The van der Waals surface area contributed by atoms with Crippen molar-refractivity contribution in [1.29, 1.82) is 0 Å². The molecular weight excluding hydrogens is 498 g/mol. The van der Waals surface area contributed by atoms with Crippen molar-refractivity contribution < 1.29 is 4.74 Å². The summed E-state index contributed by atoms with van der Waals surface area (Å²) >= 11 is 12.1. The van der Waals surface area contributed by atoms with Crippen LogP contribution >= 0.6 is 47.2 Å². The second-order valence-electron chi connectivity index (χ2n) is 5.63. The van der Waals surface area contributed by atoms with Gasteiger partial charge in [0.2, 0.25) is 0 Å². The molecule has 0 atom stereocenters. The van der Waals surface area contributed by atoms with Gasteiger partial charge in [0.15, 0.2) is 5.96 Å². The zero-order chi connectivity index (χ0) is 18.8. The smallest absolute Gasteiger partial charge is 0.191 e. The van der Waals surface area contributed by atoms with E-state index >= 15 is 0 Å². The lowest BCUT2D eigenvalue weighted by Gasteiger charge is -2.13. The normalized spacial score (nSPS) is 10.9. The van der Waals surface area contributed by atoms with Crippen molar-refractivity contribution in [3.8, 4) is 0 Å². The van der Waals surface area contributed by atoms with Crippen molar-refractivity contribution in [1.82, 2.24) is 10.6 Å². The standard InChI is InChI=1S/C19H24Cl2N4O.HI/c1-22-19(25-13-15-5-6-16(20)11-18(15)21)24-12-14-3-7-17(8-4-14)23-9-10-26-2;/h3-8,11,23H,9-10,12-13H2,1-2H3,(H2,22,24,25);1H. The molecule has 0 aromatic heterocycles. The minimum Gasteiger partial charge on any atom is -0.383 e. The van der Waals surface area contributed by atoms with E-state index in [4.69, 9.17) is 27.9 Å². The molecule has 0 amide bonds. The number of halogens is 3. The Balaban J connectivity index is 0.00000364. The first kappa shape index (κ1) is 23.8. The van der Waals surface area contributed by atoms with Crippen LogP contribution in [-0.2, 0) is 17.8 Å². The van der Waals surface area contributed by atoms with Crippen molar-refractivity contribution >= 4 is 58.8 Å². The molecule has 148 valence electrons. The van der Waals surface area contributed by atoms with Gasteiger partial charge in [-0.15, -0.1) is 24.0 Å². The fraction of sp³-hybridized carbons (Fsp3) is 0.316. The summed E-state index contributed by atoms with van der Waals surface area (Å²) in [6.45, 7) is 2.71. The van der Waals surface area contributed by atoms with Crippen LogP contribution in [0.25, 0.3) is 0 Å². The number of benzene rings is 2. The first-order valence-electron chi connectivity index (χ1n) is 8.32. The van der Waals surface area contributed by atoms with Crippen molar-refractivity contribution in [3.05, 3.63) is 63.6 Å². The molecule has 0 saturated carbocycles. The predicted molar refractivity (Wildman–Crippen MR) is 126 cm³/mol. The van der Waals surface area contributed by atoms with Gasteiger partial charge in [-0.2, -0.15) is 0 Å². The summed E-state index contributed by atoms with van der Waals surface area (Å²) in [4.78, 5) is 4.23. The number of rotatable bonds is 8. The van der Waals surface area contributed by atoms with E-state index in [-0.39, 0.29) is 24.0 Å². The van der Waals surface area contributed by atoms with Crippen molar-refractivity contribution in [2.45, 2.75) is 13.1 Å². The average molecular weight is 523 g/mol. The number of nitrogens with one attached hydrogen (secondary N) is 3. The number of hydrogen-bond donors (Lipinski definition) is 3. The fourth-order valence-corrected chi connectivity index (χ4v) is 2.76. The van der Waals surface area contributed by atoms with Gasteiger partial charge in [0, 0.05) is 49.5 Å². The minimum atomic E-state index is 0. The molecule has 0 aliphatic heterocycles. The van der Waals surface area contributed by atoms with E-state index in [9.17, 15) is 0 Å². The zero-order valence-corrected chi connectivity index (χ0v) is 19.2. The van der Waals surface area contributed by atoms with Crippen molar-refractivity contribution in [2.75, 3.05) is 32.6 Å². The van der Waals surface area contributed by atoms with E-state index in [2.05, 4.69) is 45.2 Å². The van der Waals surface area contributed by atoms with Gasteiger partial charge in [-0.1, -0.05) is 41.4 Å². The van der Waals surface area contributed by atoms with Crippen molar-refractivity contribution in [3.63, 3.8) is 0 Å². The monoisotopic (exact) mass is 522 g/mol. The Labute approximate surface area is 187 Å². The van der Waals surface area contributed by atoms with Crippen LogP contribution in [0.4, 0.5) is 5.69 Å². The van der Waals surface area contributed by atoms with E-state index in [0.717, 1.165) is 23.4 Å². The molecular formula is C19H25Cl2IN4O. The van der Waals surface area contributed by atoms with Crippen LogP contribution in [-0.4, -0.2) is 33.3 Å². The molecule has 2 rings (SSSR count). The Bertz CT molecular complexity index is 726. The van der Waals surface area contributed by atoms with Crippen LogP contribution in [0.15, 0.2) is 47.5 Å². The van der Waals surface area contributed by atoms with Gasteiger partial charge in [0.1, 0.15) is 0 Å². The van der Waals surface area contributed by atoms with E-state index in [1.807, 2.05) is 12.1 Å². The number of guanidine groups is 1. The van der Waals surface area contributed by atoms with E-state index in [1.54, 1.807) is 20.2 Å². The van der Waals surface area contributed by atoms with Crippen molar-refractivity contribution in [2.24, 2.45) is 4.99 Å². The molecule has 3 N–H and O–H groups in total. The topological polar surface area (TPSA) is 57.7 Å². The molecule has 0 bridgehead atoms. The second-order valence-corrected chi connectivity index (χ2v) is 6.48. The van der Waals surface area contributed by atoms with Crippen LogP contribution in [0.2, 0.25) is 10.0 Å². The largest absolute Gasteiger partial charge is 0.383 e. The number of aliphatic imine (C=N–C) groups is 1. The lowest BCUT2D eigenvalue weighted by molar-refractivity contribution is 0.211. The summed E-state index contributed by atoms with van der Waals surface area (Å²) in [7, 11) is 3.43. The molecule has 0 heterocycles. The summed E-state index contributed by atoms with van der Waals surface area (Å²) < 4.78 is 5.03. The Morgan fingerprint density at radius 1 is 1.04 bits per heavy atom. The highest BCUT2D eigenvalue weighted by molar-refractivity contribution is 14.0. The molecule has 0 unspecified atom stereocenters. The van der Waals surface area contributed by atoms with E-state index in [1.165, 1.54) is 0 Å². The van der Waals surface area contributed by atoms with Crippen LogP contribution in [0.3, 0.4) is 0 Å². The van der Waals surface area contributed by atoms with Gasteiger partial charge < -0.3 is 20.7 Å². The van der Waals surface area contributed by atoms with Crippen LogP contribution in [0, 0.1) is 0 Å². The van der Waals surface area contributed by atoms with Gasteiger partial charge in [0.05, 0.1) is 6.61 Å². The maximum absolute atomic E-state index is 6.19. The SMILES string of the molecule is CN=C(NCc1ccc(NCCOC)cc1)NCc1ccc(Cl)cc1Cl.I. The Hall–Kier alpha value is -1.22. The zero-order valence-electron chi connectivity index (χ0n) is 15.4. The highest BCUT2D eigenvalue weighted by atomic mass is 127. The molecule has 2 aromatic rings. The van der Waals surface area contributed by atoms with Gasteiger partial charge in [0.25, 0.3) is 0 Å². The number of hydrogen-bond acceptors (Lipinski definition) is 3. The van der Waals surface area contributed by atoms with E-state index < -0.39 is 0 Å². The van der Waals surface area contributed by atoms with Crippen LogP contribution in [0.1, 0.15) is 11.1 Å². The van der Waals surface area contributed by atoms with Gasteiger partial charge in [-0.05, 0) is 35.4 Å². The molecule has 0 saturated heterocycles. The first-order chi connectivity index (χ1) is 12.6. The Kier molecular flexibility index (Phi) is 11.5. The Morgan fingerprint density at radius 3 is 2.37 bits per heavy atom. The van der Waals surface area contributed by atoms with Crippen LogP contribution < -0.4 is 16.0 Å². The lowest BCUT2D eigenvalue weighted by atomic mass is 10.2. The maximum atomic E-state index is 6.19. The van der Waals surface area contributed by atoms with Crippen LogP contribution in [0.5, 0.6) is 0 Å². The second kappa shape index (κ2) is 13.0. The molecule has 0 radical (unpaired) electrons. The number of methoxy groups -OCH3 is 1. The van der Waals surface area contributed by atoms with Gasteiger partial charge in [-0.25, -0.2) is 0 Å². The summed E-state index contributed by atoms with van der Waals surface area (Å²) in [5.74, 6) is 0.707. The van der Waals surface area contributed by atoms with Gasteiger partial charge >= 0.3 is 0 Å². The third kappa shape index (κ3) is 8.55. The third-order valence-electron chi connectivity index (χ3n) is 3.73. The molecule has 0 aliphatic rings. The van der Waals surface area contributed by atoms with E-state index in [0.29, 0.717) is 35.7 Å². The number of ether oxygens (including phenoxy) is 1. The molecule has 0 spiro atoms. The number of anilines is 1. The summed E-state index contributed by atoms with van der Waals surface area (Å²) in [5, 5.41) is 11.1. The Morgan fingerprint density at radius 2 is 1.74 bits per heavy atom. The molecule has 0 fully saturated rings. The first-order valence-corrected chi connectivity index (χ1v) is 9.08. The van der Waals surface area contributed by atoms with Gasteiger partial charge in [-0.3, -0.25) is 4.99 Å². The molecule has 0 aliphatic carbocycles. The molecule has 5 nitrogen and oxygen atoms in total. The molecule has 2 aromatic carbocycles. The fourth-order valence-electron chi connectivity index (χ4n) is 2.29. The maximum Gasteiger partial charge on any atom is 0.191 e. The third-order valence-corrected chi connectivity index (χ3v) is 4.32. The summed E-state index contributed by atoms with van der Waals surface area (Å²) in [6.07, 6.45) is 0. The summed E-state index contributed by atoms with van der Waals surface area (Å²) in [6, 6.07) is 13.7.